The highest BCUT2D eigenvalue weighted by Crippen LogP contribution is 2.38. The molecule has 1 aromatic heterocycles. The molecule has 0 radical (unpaired) electrons. The van der Waals surface area contributed by atoms with Gasteiger partial charge in [-0.2, -0.15) is 11.8 Å². The maximum absolute atomic E-state index is 12.6. The zero-order valence-electron chi connectivity index (χ0n) is 13.1. The number of halogens is 2. The lowest BCUT2D eigenvalue weighted by molar-refractivity contribution is 0.155. The van der Waals surface area contributed by atoms with E-state index >= 15 is 0 Å². The molecule has 128 valence electrons. The summed E-state index contributed by atoms with van der Waals surface area (Å²) < 4.78 is 7.43. The molecule has 1 aliphatic rings. The predicted octanol–water partition coefficient (Wildman–Crippen LogP) is 3.83. The van der Waals surface area contributed by atoms with Crippen LogP contribution in [0.2, 0.25) is 10.0 Å². The molecule has 2 aromatic rings. The molecule has 1 atom stereocenters. The number of benzene rings is 1. The third-order valence-corrected chi connectivity index (χ3v) is 4.89. The number of carbonyl (C=O) groups is 1. The van der Waals surface area contributed by atoms with Crippen molar-refractivity contribution in [3.8, 4) is 5.75 Å². The van der Waals surface area contributed by atoms with Crippen molar-refractivity contribution in [2.24, 2.45) is 0 Å². The summed E-state index contributed by atoms with van der Waals surface area (Å²) in [6.45, 7) is 1.13. The molecule has 0 saturated heterocycles. The van der Waals surface area contributed by atoms with Gasteiger partial charge in [0.25, 0.3) is 0 Å². The van der Waals surface area contributed by atoms with Gasteiger partial charge in [0, 0.05) is 41.7 Å². The monoisotopic (exact) mass is 385 g/mol. The van der Waals surface area contributed by atoms with Gasteiger partial charge < -0.3 is 9.64 Å². The summed E-state index contributed by atoms with van der Waals surface area (Å²) in [5, 5.41) is 1.10. The summed E-state index contributed by atoms with van der Waals surface area (Å²) in [7, 11) is 0. The van der Waals surface area contributed by atoms with Crippen molar-refractivity contribution in [3.63, 3.8) is 0 Å². The predicted molar refractivity (Wildman–Crippen MR) is 97.6 cm³/mol. The zero-order chi connectivity index (χ0) is 17.1. The lowest BCUT2D eigenvalue weighted by Crippen LogP contribution is -2.42. The molecule has 0 spiro atoms. The van der Waals surface area contributed by atoms with E-state index in [4.69, 9.17) is 27.9 Å². The first-order valence-electron chi connectivity index (χ1n) is 7.49. The van der Waals surface area contributed by atoms with Crippen LogP contribution < -0.4 is 4.74 Å². The van der Waals surface area contributed by atoms with E-state index in [0.29, 0.717) is 35.3 Å². The van der Waals surface area contributed by atoms with Crippen LogP contribution in [0.15, 0.2) is 30.9 Å². The van der Waals surface area contributed by atoms with Crippen LogP contribution in [0, 0.1) is 0 Å². The van der Waals surface area contributed by atoms with E-state index in [9.17, 15) is 4.79 Å². The highest BCUT2D eigenvalue weighted by Gasteiger charge is 2.29. The van der Waals surface area contributed by atoms with Crippen LogP contribution in [0.25, 0.3) is 0 Å². The molecule has 0 saturated carbocycles. The molecule has 1 aliphatic heterocycles. The smallest absolute Gasteiger partial charge is 0.329 e. The van der Waals surface area contributed by atoms with Crippen molar-refractivity contribution < 1.29 is 9.53 Å². The number of ether oxygens (including phenoxy) is 1. The summed E-state index contributed by atoms with van der Waals surface area (Å²) in [5.74, 6) is 1.53. The van der Waals surface area contributed by atoms with Gasteiger partial charge in [-0.05, 0) is 18.4 Å². The Morgan fingerprint density at radius 2 is 2.33 bits per heavy atom. The molecule has 5 nitrogen and oxygen atoms in total. The Labute approximate surface area is 154 Å². The molecule has 3 rings (SSSR count). The van der Waals surface area contributed by atoms with E-state index in [1.807, 2.05) is 12.3 Å². The van der Waals surface area contributed by atoms with Crippen LogP contribution in [0.5, 0.6) is 5.75 Å². The van der Waals surface area contributed by atoms with E-state index < -0.39 is 0 Å². The second-order valence-electron chi connectivity index (χ2n) is 5.51. The average molecular weight is 386 g/mol. The van der Waals surface area contributed by atoms with Crippen LogP contribution in [-0.2, 0) is 6.42 Å². The highest BCUT2D eigenvalue weighted by molar-refractivity contribution is 7.98. The Morgan fingerprint density at radius 1 is 1.50 bits per heavy atom. The standard InChI is InChI=1S/C16H17Cl2N3O2S/c1-24-5-4-20(16(22)21-3-2-19-10-21)9-13-7-11-6-12(17)8-14(18)15(11)23-13/h2-3,6,8,10,13H,4-5,7,9H2,1H3. The topological polar surface area (TPSA) is 47.4 Å². The summed E-state index contributed by atoms with van der Waals surface area (Å²) in [5.41, 5.74) is 0.984. The Balaban J connectivity index is 1.72. The van der Waals surface area contributed by atoms with E-state index in [2.05, 4.69) is 4.98 Å². The minimum absolute atomic E-state index is 0.106. The van der Waals surface area contributed by atoms with Gasteiger partial charge in [-0.15, -0.1) is 0 Å². The molecule has 0 N–H and O–H groups in total. The Bertz CT molecular complexity index is 724. The lowest BCUT2D eigenvalue weighted by Gasteiger charge is -2.25. The molecule has 1 unspecified atom stereocenters. The van der Waals surface area contributed by atoms with E-state index in [1.165, 1.54) is 10.9 Å². The van der Waals surface area contributed by atoms with Gasteiger partial charge in [0.1, 0.15) is 18.2 Å². The number of rotatable bonds is 5. The molecule has 8 heteroatoms. The Hall–Kier alpha value is -1.37. The first-order chi connectivity index (χ1) is 11.6. The van der Waals surface area contributed by atoms with E-state index in [0.717, 1.165) is 11.3 Å². The van der Waals surface area contributed by atoms with Crippen molar-refractivity contribution in [2.75, 3.05) is 25.1 Å². The van der Waals surface area contributed by atoms with Crippen LogP contribution in [0.4, 0.5) is 4.79 Å². The fourth-order valence-corrected chi connectivity index (χ4v) is 3.68. The van der Waals surface area contributed by atoms with Gasteiger partial charge in [0.05, 0.1) is 11.6 Å². The third kappa shape index (κ3) is 3.82. The third-order valence-electron chi connectivity index (χ3n) is 3.80. The highest BCUT2D eigenvalue weighted by atomic mass is 35.5. The van der Waals surface area contributed by atoms with Gasteiger partial charge in [-0.25, -0.2) is 9.78 Å². The van der Waals surface area contributed by atoms with Gasteiger partial charge in [-0.1, -0.05) is 23.2 Å². The van der Waals surface area contributed by atoms with Crippen LogP contribution in [-0.4, -0.2) is 51.7 Å². The SMILES string of the molecule is CSCCN(CC1Cc2cc(Cl)cc(Cl)c2O1)C(=O)n1ccnc1. The second kappa shape index (κ2) is 7.68. The molecule has 24 heavy (non-hydrogen) atoms. The fourth-order valence-electron chi connectivity index (χ4n) is 2.70. The largest absolute Gasteiger partial charge is 0.486 e. The molecular weight excluding hydrogens is 369 g/mol. The van der Waals surface area contributed by atoms with Crippen molar-refractivity contribution in [2.45, 2.75) is 12.5 Å². The number of hydrogen-bond acceptors (Lipinski definition) is 4. The molecule has 0 aliphatic carbocycles. The number of imidazole rings is 1. The molecule has 2 heterocycles. The van der Waals surface area contributed by atoms with Crippen molar-refractivity contribution >= 4 is 41.0 Å². The van der Waals surface area contributed by atoms with E-state index in [-0.39, 0.29) is 12.1 Å². The minimum Gasteiger partial charge on any atom is -0.486 e. The maximum Gasteiger partial charge on any atom is 0.329 e. The fraction of sp³-hybridized carbons (Fsp3) is 0.375. The number of hydrogen-bond donors (Lipinski definition) is 0. The first-order valence-corrected chi connectivity index (χ1v) is 9.64. The van der Waals surface area contributed by atoms with Crippen molar-refractivity contribution in [1.29, 1.82) is 0 Å². The van der Waals surface area contributed by atoms with Gasteiger partial charge in [-0.3, -0.25) is 4.57 Å². The molecule has 0 bridgehead atoms. The number of aromatic nitrogens is 2. The summed E-state index contributed by atoms with van der Waals surface area (Å²) >= 11 is 13.9. The van der Waals surface area contributed by atoms with Crippen LogP contribution in [0.1, 0.15) is 5.56 Å². The first kappa shape index (κ1) is 17.5. The Morgan fingerprint density at radius 3 is 3.04 bits per heavy atom. The van der Waals surface area contributed by atoms with Gasteiger partial charge in [0.2, 0.25) is 0 Å². The number of amides is 1. The number of carbonyl (C=O) groups excluding carboxylic acids is 1. The lowest BCUT2D eigenvalue weighted by atomic mass is 10.1. The molecular formula is C16H17Cl2N3O2S. The quantitative estimate of drug-likeness (QED) is 0.784. The molecule has 1 aromatic carbocycles. The normalized spacial score (nSPS) is 15.9. The van der Waals surface area contributed by atoms with Crippen molar-refractivity contribution in [3.05, 3.63) is 46.5 Å². The average Bonchev–Trinajstić information content (AvgIpc) is 3.20. The number of nitrogens with zero attached hydrogens (tertiary/aromatic N) is 3. The molecule has 0 fully saturated rings. The number of thioether (sulfide) groups is 1. The van der Waals surface area contributed by atoms with Gasteiger partial charge >= 0.3 is 6.03 Å². The Kier molecular flexibility index (Phi) is 5.58. The zero-order valence-corrected chi connectivity index (χ0v) is 15.4. The molecule has 1 amide bonds. The van der Waals surface area contributed by atoms with Gasteiger partial charge in [0.15, 0.2) is 0 Å². The summed E-state index contributed by atoms with van der Waals surface area (Å²) in [6.07, 6.45) is 7.32. The van der Waals surface area contributed by atoms with Crippen LogP contribution in [0.3, 0.4) is 0 Å². The second-order valence-corrected chi connectivity index (χ2v) is 7.34. The summed E-state index contributed by atoms with van der Waals surface area (Å²) in [6, 6.07) is 3.43. The summed E-state index contributed by atoms with van der Waals surface area (Å²) in [4.78, 5) is 18.4. The minimum atomic E-state index is -0.134. The van der Waals surface area contributed by atoms with Crippen molar-refractivity contribution in [1.82, 2.24) is 14.5 Å². The maximum atomic E-state index is 12.6. The van der Waals surface area contributed by atoms with Crippen LogP contribution >= 0.6 is 35.0 Å². The van der Waals surface area contributed by atoms with E-state index in [1.54, 1.807) is 35.1 Å². The number of fused-ring (bicyclic) bond motifs is 1.